The summed E-state index contributed by atoms with van der Waals surface area (Å²) < 4.78 is 16.4. The molecule has 0 aliphatic rings. The third-order valence-corrected chi connectivity index (χ3v) is 5.87. The normalized spacial score (nSPS) is 11.4. The number of esters is 1. The van der Waals surface area contributed by atoms with Crippen LogP contribution in [0, 0.1) is 0 Å². The van der Waals surface area contributed by atoms with Gasteiger partial charge in [-0.05, 0) is 12.0 Å². The average Bonchev–Trinajstić information content (AvgIpc) is 2.91. The van der Waals surface area contributed by atoms with Crippen LogP contribution in [0.2, 0.25) is 0 Å². The number of ether oxygens (including phenoxy) is 3. The largest absolute Gasteiger partial charge is 0.496 e. The van der Waals surface area contributed by atoms with Crippen LogP contribution in [0.25, 0.3) is 0 Å². The number of anilines is 2. The molecule has 0 bridgehead atoms. The molecule has 0 unspecified atom stereocenters. The Kier molecular flexibility index (Phi) is 10.4. The summed E-state index contributed by atoms with van der Waals surface area (Å²) in [6.07, 6.45) is 8.32. The quantitative estimate of drug-likeness (QED) is 0.188. The zero-order valence-electron chi connectivity index (χ0n) is 21.6. The number of nitrogens with zero attached hydrogens (tertiary/aromatic N) is 3. The van der Waals surface area contributed by atoms with Crippen LogP contribution < -0.4 is 24.4 Å². The molecule has 0 fully saturated rings. The van der Waals surface area contributed by atoms with Gasteiger partial charge in [0.2, 0.25) is 0 Å². The SMILES string of the molecule is CCCCCCN(C)c1cncnc1N[C@@H](Cc1ccccc1)C(=O)Oc1cc(OC)cc(OC)c1. The van der Waals surface area contributed by atoms with Crippen molar-refractivity contribution < 1.29 is 19.0 Å². The second-order valence-corrected chi connectivity index (χ2v) is 8.59. The van der Waals surface area contributed by atoms with Crippen molar-refractivity contribution in [1.82, 2.24) is 9.97 Å². The maximum absolute atomic E-state index is 13.4. The van der Waals surface area contributed by atoms with Crippen molar-refractivity contribution in [3.63, 3.8) is 0 Å². The minimum absolute atomic E-state index is 0.340. The smallest absolute Gasteiger partial charge is 0.334 e. The van der Waals surface area contributed by atoms with Crippen LogP contribution in [0.15, 0.2) is 61.1 Å². The van der Waals surface area contributed by atoms with Crippen molar-refractivity contribution in [2.45, 2.75) is 45.1 Å². The van der Waals surface area contributed by atoms with Crippen LogP contribution in [0.4, 0.5) is 11.5 Å². The summed E-state index contributed by atoms with van der Waals surface area (Å²) in [5.41, 5.74) is 1.83. The molecule has 0 aliphatic carbocycles. The first-order chi connectivity index (χ1) is 17.5. The number of hydrogen-bond acceptors (Lipinski definition) is 8. The highest BCUT2D eigenvalue weighted by Crippen LogP contribution is 2.28. The summed E-state index contributed by atoms with van der Waals surface area (Å²) in [6, 6.07) is 14.2. The molecule has 192 valence electrons. The van der Waals surface area contributed by atoms with Gasteiger partial charge in [-0.25, -0.2) is 14.8 Å². The lowest BCUT2D eigenvalue weighted by Crippen LogP contribution is -2.36. The predicted octanol–water partition coefficient (Wildman–Crippen LogP) is 5.14. The highest BCUT2D eigenvalue weighted by molar-refractivity contribution is 5.83. The number of carbonyl (C=O) groups is 1. The molecule has 2 aromatic carbocycles. The molecular formula is C28H36N4O4. The number of nitrogens with one attached hydrogen (secondary N) is 1. The molecule has 0 saturated heterocycles. The first kappa shape index (κ1) is 26.8. The van der Waals surface area contributed by atoms with Crippen molar-refractivity contribution in [3.05, 3.63) is 66.6 Å². The van der Waals surface area contributed by atoms with Gasteiger partial charge < -0.3 is 24.4 Å². The van der Waals surface area contributed by atoms with Crippen LogP contribution >= 0.6 is 0 Å². The maximum atomic E-state index is 13.4. The lowest BCUT2D eigenvalue weighted by molar-refractivity contribution is -0.135. The van der Waals surface area contributed by atoms with Gasteiger partial charge in [0.1, 0.15) is 29.6 Å². The first-order valence-electron chi connectivity index (χ1n) is 12.3. The summed E-state index contributed by atoms with van der Waals surface area (Å²) in [5.74, 6) is 1.56. The summed E-state index contributed by atoms with van der Waals surface area (Å²) in [4.78, 5) is 24.2. The van der Waals surface area contributed by atoms with Gasteiger partial charge in [0, 0.05) is 38.2 Å². The van der Waals surface area contributed by atoms with Gasteiger partial charge in [0.15, 0.2) is 5.82 Å². The van der Waals surface area contributed by atoms with E-state index in [1.807, 2.05) is 37.4 Å². The van der Waals surface area contributed by atoms with E-state index in [9.17, 15) is 4.79 Å². The molecule has 8 nitrogen and oxygen atoms in total. The zero-order valence-corrected chi connectivity index (χ0v) is 21.6. The average molecular weight is 493 g/mol. The number of aromatic nitrogens is 2. The van der Waals surface area contributed by atoms with E-state index in [1.165, 1.54) is 25.6 Å². The third-order valence-electron chi connectivity index (χ3n) is 5.87. The van der Waals surface area contributed by atoms with E-state index in [1.54, 1.807) is 38.6 Å². The Bertz CT molecular complexity index is 1070. The monoisotopic (exact) mass is 492 g/mol. The maximum Gasteiger partial charge on any atom is 0.334 e. The predicted molar refractivity (Wildman–Crippen MR) is 142 cm³/mol. The van der Waals surface area contributed by atoms with E-state index >= 15 is 0 Å². The van der Waals surface area contributed by atoms with Crippen LogP contribution in [0.1, 0.15) is 38.2 Å². The zero-order chi connectivity index (χ0) is 25.8. The molecule has 0 aliphatic heterocycles. The van der Waals surface area contributed by atoms with Gasteiger partial charge in [-0.3, -0.25) is 0 Å². The fourth-order valence-electron chi connectivity index (χ4n) is 3.84. The molecule has 0 spiro atoms. The molecule has 1 N–H and O–H groups in total. The molecule has 1 aromatic heterocycles. The molecule has 0 amide bonds. The van der Waals surface area contributed by atoms with E-state index < -0.39 is 12.0 Å². The molecule has 1 atom stereocenters. The van der Waals surface area contributed by atoms with Crippen LogP contribution in [0.5, 0.6) is 17.2 Å². The molecule has 36 heavy (non-hydrogen) atoms. The van der Waals surface area contributed by atoms with Gasteiger partial charge in [-0.2, -0.15) is 0 Å². The molecular weight excluding hydrogens is 456 g/mol. The van der Waals surface area contributed by atoms with Gasteiger partial charge >= 0.3 is 5.97 Å². The molecule has 0 saturated carbocycles. The highest BCUT2D eigenvalue weighted by atomic mass is 16.5. The Morgan fingerprint density at radius 3 is 2.36 bits per heavy atom. The lowest BCUT2D eigenvalue weighted by Gasteiger charge is -2.24. The Morgan fingerprint density at radius 2 is 1.69 bits per heavy atom. The van der Waals surface area contributed by atoms with Gasteiger partial charge in [-0.1, -0.05) is 56.5 Å². The summed E-state index contributed by atoms with van der Waals surface area (Å²) in [5, 5.41) is 3.33. The van der Waals surface area contributed by atoms with Gasteiger partial charge in [0.25, 0.3) is 0 Å². The Labute approximate surface area is 213 Å². The Balaban J connectivity index is 1.83. The van der Waals surface area contributed by atoms with Crippen LogP contribution in [-0.4, -0.2) is 49.8 Å². The van der Waals surface area contributed by atoms with E-state index in [0.29, 0.717) is 29.5 Å². The van der Waals surface area contributed by atoms with E-state index in [4.69, 9.17) is 14.2 Å². The van der Waals surface area contributed by atoms with Crippen LogP contribution in [-0.2, 0) is 11.2 Å². The van der Waals surface area contributed by atoms with Gasteiger partial charge in [0.05, 0.1) is 26.1 Å². The minimum Gasteiger partial charge on any atom is -0.496 e. The number of hydrogen-bond donors (Lipinski definition) is 1. The Morgan fingerprint density at radius 1 is 1.00 bits per heavy atom. The topological polar surface area (TPSA) is 85.8 Å². The van der Waals surface area contributed by atoms with E-state index in [-0.39, 0.29) is 0 Å². The summed E-state index contributed by atoms with van der Waals surface area (Å²) in [6.45, 7) is 3.07. The second kappa shape index (κ2) is 13.9. The van der Waals surface area contributed by atoms with E-state index in [0.717, 1.165) is 24.2 Å². The lowest BCUT2D eigenvalue weighted by atomic mass is 10.1. The summed E-state index contributed by atoms with van der Waals surface area (Å²) >= 11 is 0. The molecule has 1 heterocycles. The number of carbonyl (C=O) groups excluding carboxylic acids is 1. The second-order valence-electron chi connectivity index (χ2n) is 8.59. The van der Waals surface area contributed by atoms with E-state index in [2.05, 4.69) is 27.1 Å². The van der Waals surface area contributed by atoms with Crippen molar-refractivity contribution >= 4 is 17.5 Å². The third kappa shape index (κ3) is 7.86. The number of unbranched alkanes of at least 4 members (excludes halogenated alkanes) is 3. The van der Waals surface area contributed by atoms with Gasteiger partial charge in [-0.15, -0.1) is 0 Å². The molecule has 3 rings (SSSR count). The first-order valence-corrected chi connectivity index (χ1v) is 12.3. The molecule has 0 radical (unpaired) electrons. The number of rotatable bonds is 14. The van der Waals surface area contributed by atoms with Crippen molar-refractivity contribution in [1.29, 1.82) is 0 Å². The standard InChI is InChI=1S/C28H36N4O4/c1-5-6-7-11-14-32(2)26-19-29-20-30-27(26)31-25(15-21-12-9-8-10-13-21)28(33)36-24-17-22(34-3)16-23(18-24)35-4/h8-10,12-13,16-20,25H,5-7,11,14-15H2,1-4H3,(H,29,30,31)/t25-/m0/s1. The number of methoxy groups -OCH3 is 2. The van der Waals surface area contributed by atoms with Crippen molar-refractivity contribution in [2.24, 2.45) is 0 Å². The molecule has 3 aromatic rings. The number of benzene rings is 2. The highest BCUT2D eigenvalue weighted by Gasteiger charge is 2.24. The fraction of sp³-hybridized carbons (Fsp3) is 0.393. The molecule has 8 heteroatoms. The van der Waals surface area contributed by atoms with Crippen LogP contribution in [0.3, 0.4) is 0 Å². The Hall–Kier alpha value is -3.81. The van der Waals surface area contributed by atoms with Crippen molar-refractivity contribution in [2.75, 3.05) is 38.0 Å². The fourth-order valence-corrected chi connectivity index (χ4v) is 3.84. The minimum atomic E-state index is -0.688. The van der Waals surface area contributed by atoms with Crippen molar-refractivity contribution in [3.8, 4) is 17.2 Å². The summed E-state index contributed by atoms with van der Waals surface area (Å²) in [7, 11) is 5.12.